The molecular weight excluding hydrogens is 182 g/mol. The summed E-state index contributed by atoms with van der Waals surface area (Å²) in [4.78, 5) is 22.0. The highest BCUT2D eigenvalue weighted by molar-refractivity contribution is 6.34. The second-order valence-electron chi connectivity index (χ2n) is 3.82. The third kappa shape index (κ3) is 2.70. The lowest BCUT2D eigenvalue weighted by atomic mass is 9.86. The van der Waals surface area contributed by atoms with E-state index in [-0.39, 0.29) is 6.04 Å². The molecule has 1 rings (SSSR count). The lowest BCUT2D eigenvalue weighted by Crippen LogP contribution is -2.49. The number of hydrogen-bond acceptors (Lipinski definition) is 3. The molecule has 2 amide bonds. The van der Waals surface area contributed by atoms with E-state index in [4.69, 9.17) is 5.84 Å². The Kier molecular flexibility index (Phi) is 3.88. The van der Waals surface area contributed by atoms with Crippen LogP contribution < -0.4 is 16.6 Å². The highest BCUT2D eigenvalue weighted by Gasteiger charge is 2.24. The van der Waals surface area contributed by atoms with Crippen LogP contribution in [0.2, 0.25) is 0 Å². The third-order valence-corrected chi connectivity index (χ3v) is 2.77. The van der Waals surface area contributed by atoms with Gasteiger partial charge in [0.2, 0.25) is 0 Å². The van der Waals surface area contributed by atoms with Gasteiger partial charge < -0.3 is 5.32 Å². The Morgan fingerprint density at radius 1 is 1.21 bits per heavy atom. The van der Waals surface area contributed by atoms with Crippen LogP contribution in [0.4, 0.5) is 0 Å². The Labute approximate surface area is 83.4 Å². The van der Waals surface area contributed by atoms with Crippen LogP contribution in [0.5, 0.6) is 0 Å². The third-order valence-electron chi connectivity index (χ3n) is 2.77. The molecule has 4 N–H and O–H groups in total. The number of nitrogens with one attached hydrogen (secondary N) is 2. The van der Waals surface area contributed by atoms with Crippen LogP contribution in [0.1, 0.15) is 32.6 Å². The molecule has 1 saturated carbocycles. The maximum absolute atomic E-state index is 11.2. The van der Waals surface area contributed by atoms with Gasteiger partial charge in [0.05, 0.1) is 0 Å². The van der Waals surface area contributed by atoms with Gasteiger partial charge in [-0.25, -0.2) is 5.84 Å². The average Bonchev–Trinajstić information content (AvgIpc) is 2.20. The molecule has 5 heteroatoms. The van der Waals surface area contributed by atoms with E-state index in [1.54, 1.807) is 0 Å². The molecule has 0 aromatic carbocycles. The summed E-state index contributed by atoms with van der Waals surface area (Å²) in [6, 6.07) is 0.119. The summed E-state index contributed by atoms with van der Waals surface area (Å²) in [7, 11) is 0. The Balaban J connectivity index is 2.42. The van der Waals surface area contributed by atoms with Gasteiger partial charge in [0, 0.05) is 6.04 Å². The zero-order valence-corrected chi connectivity index (χ0v) is 8.38. The van der Waals surface area contributed by atoms with Gasteiger partial charge in [-0.15, -0.1) is 0 Å². The summed E-state index contributed by atoms with van der Waals surface area (Å²) < 4.78 is 0. The van der Waals surface area contributed by atoms with Crippen molar-refractivity contribution in [3.63, 3.8) is 0 Å². The van der Waals surface area contributed by atoms with Crippen molar-refractivity contribution in [3.8, 4) is 0 Å². The number of amides is 2. The minimum atomic E-state index is -0.775. The zero-order chi connectivity index (χ0) is 10.6. The fourth-order valence-corrected chi connectivity index (χ4v) is 1.83. The number of hydrogen-bond donors (Lipinski definition) is 3. The molecular formula is C9H17N3O2. The van der Waals surface area contributed by atoms with Gasteiger partial charge in [0.15, 0.2) is 0 Å². The monoisotopic (exact) mass is 199 g/mol. The number of rotatable bonds is 1. The minimum absolute atomic E-state index is 0.119. The summed E-state index contributed by atoms with van der Waals surface area (Å²) in [5.41, 5.74) is 1.82. The van der Waals surface area contributed by atoms with Crippen LogP contribution in [0.25, 0.3) is 0 Å². The zero-order valence-electron chi connectivity index (χ0n) is 8.38. The molecule has 1 aliphatic rings. The topological polar surface area (TPSA) is 84.2 Å². The van der Waals surface area contributed by atoms with Crippen LogP contribution in [-0.2, 0) is 9.59 Å². The van der Waals surface area contributed by atoms with E-state index in [1.165, 1.54) is 6.42 Å². The van der Waals surface area contributed by atoms with Crippen LogP contribution in [-0.4, -0.2) is 17.9 Å². The summed E-state index contributed by atoms with van der Waals surface area (Å²) in [6.45, 7) is 2.09. The average molecular weight is 199 g/mol. The lowest BCUT2D eigenvalue weighted by Gasteiger charge is -2.29. The Morgan fingerprint density at radius 2 is 1.86 bits per heavy atom. The van der Waals surface area contributed by atoms with E-state index in [0.717, 1.165) is 19.3 Å². The molecule has 1 fully saturated rings. The molecule has 2 unspecified atom stereocenters. The van der Waals surface area contributed by atoms with Crippen LogP contribution in [0.15, 0.2) is 0 Å². The van der Waals surface area contributed by atoms with Crippen LogP contribution in [0, 0.1) is 5.92 Å². The number of carbonyl (C=O) groups excluding carboxylic acids is 2. The van der Waals surface area contributed by atoms with E-state index in [0.29, 0.717) is 5.92 Å². The summed E-state index contributed by atoms with van der Waals surface area (Å²) >= 11 is 0. The van der Waals surface area contributed by atoms with E-state index in [2.05, 4.69) is 12.2 Å². The maximum Gasteiger partial charge on any atom is 0.323 e. The first-order valence-electron chi connectivity index (χ1n) is 4.96. The standard InChI is InChI=1S/C9H17N3O2/c1-6-4-2-3-5-7(6)11-8(13)9(14)12-10/h6-7H,2-5,10H2,1H3,(H,11,13)(H,12,14). The lowest BCUT2D eigenvalue weighted by molar-refractivity contribution is -0.140. The van der Waals surface area contributed by atoms with Gasteiger partial charge in [-0.1, -0.05) is 19.8 Å². The molecule has 2 atom stereocenters. The van der Waals surface area contributed by atoms with Crippen molar-refractivity contribution < 1.29 is 9.59 Å². The molecule has 0 heterocycles. The highest BCUT2D eigenvalue weighted by atomic mass is 16.2. The molecule has 1 aliphatic carbocycles. The number of hydrazine groups is 1. The summed E-state index contributed by atoms with van der Waals surface area (Å²) in [5, 5.41) is 2.69. The number of nitrogens with two attached hydrogens (primary N) is 1. The first-order chi connectivity index (χ1) is 6.65. The summed E-state index contributed by atoms with van der Waals surface area (Å²) in [6.07, 6.45) is 4.37. The molecule has 0 aromatic rings. The second-order valence-corrected chi connectivity index (χ2v) is 3.82. The first kappa shape index (κ1) is 11.0. The predicted molar refractivity (Wildman–Crippen MR) is 51.9 cm³/mol. The summed E-state index contributed by atoms with van der Waals surface area (Å²) in [5.74, 6) is 3.89. The molecule has 80 valence electrons. The second kappa shape index (κ2) is 4.95. The van der Waals surface area contributed by atoms with Crippen molar-refractivity contribution in [1.29, 1.82) is 0 Å². The molecule has 0 aromatic heterocycles. The normalized spacial score (nSPS) is 26.7. The largest absolute Gasteiger partial charge is 0.345 e. The van der Waals surface area contributed by atoms with E-state index < -0.39 is 11.8 Å². The molecule has 14 heavy (non-hydrogen) atoms. The van der Waals surface area contributed by atoms with E-state index in [1.807, 2.05) is 5.43 Å². The molecule has 5 nitrogen and oxygen atoms in total. The molecule has 0 bridgehead atoms. The maximum atomic E-state index is 11.2. The van der Waals surface area contributed by atoms with Crippen molar-refractivity contribution in [2.45, 2.75) is 38.6 Å². The quantitative estimate of drug-likeness (QED) is 0.234. The fourth-order valence-electron chi connectivity index (χ4n) is 1.83. The van der Waals surface area contributed by atoms with Crippen molar-refractivity contribution in [3.05, 3.63) is 0 Å². The van der Waals surface area contributed by atoms with E-state index in [9.17, 15) is 9.59 Å². The van der Waals surface area contributed by atoms with Gasteiger partial charge in [-0.3, -0.25) is 15.0 Å². The predicted octanol–water partition coefficient (Wildman–Crippen LogP) is -0.329. The van der Waals surface area contributed by atoms with Crippen LogP contribution >= 0.6 is 0 Å². The molecule has 0 saturated heterocycles. The van der Waals surface area contributed by atoms with Gasteiger partial charge in [-0.2, -0.15) is 0 Å². The number of carbonyl (C=O) groups is 2. The van der Waals surface area contributed by atoms with Crippen LogP contribution in [0.3, 0.4) is 0 Å². The smallest absolute Gasteiger partial charge is 0.323 e. The Bertz CT molecular complexity index is 230. The van der Waals surface area contributed by atoms with Crippen molar-refractivity contribution >= 4 is 11.8 Å². The van der Waals surface area contributed by atoms with Crippen molar-refractivity contribution in [2.24, 2.45) is 11.8 Å². The fraction of sp³-hybridized carbons (Fsp3) is 0.778. The molecule has 0 radical (unpaired) electrons. The van der Waals surface area contributed by atoms with Gasteiger partial charge in [-0.05, 0) is 18.8 Å². The first-order valence-corrected chi connectivity index (χ1v) is 4.96. The van der Waals surface area contributed by atoms with Crippen molar-refractivity contribution in [1.82, 2.24) is 10.7 Å². The minimum Gasteiger partial charge on any atom is -0.345 e. The Hall–Kier alpha value is -1.10. The SMILES string of the molecule is CC1CCCCC1NC(=O)C(=O)NN. The van der Waals surface area contributed by atoms with E-state index >= 15 is 0 Å². The van der Waals surface area contributed by atoms with Gasteiger partial charge in [0.1, 0.15) is 0 Å². The van der Waals surface area contributed by atoms with Gasteiger partial charge in [0.25, 0.3) is 0 Å². The molecule has 0 aliphatic heterocycles. The van der Waals surface area contributed by atoms with Gasteiger partial charge >= 0.3 is 11.8 Å². The van der Waals surface area contributed by atoms with Crippen molar-refractivity contribution in [2.75, 3.05) is 0 Å². The molecule has 0 spiro atoms. The Morgan fingerprint density at radius 3 is 2.43 bits per heavy atom. The highest BCUT2D eigenvalue weighted by Crippen LogP contribution is 2.23.